The number of anilines is 1. The monoisotopic (exact) mass is 265 g/mol. The van der Waals surface area contributed by atoms with Crippen molar-refractivity contribution in [2.45, 2.75) is 20.3 Å². The number of nitrogens with zero attached hydrogens (tertiary/aromatic N) is 2. The number of hydrogen-bond donors (Lipinski definition) is 1. The minimum absolute atomic E-state index is 0.137. The zero-order chi connectivity index (χ0) is 14.1. The molecule has 0 saturated heterocycles. The Bertz CT molecular complexity index is 375. The third kappa shape index (κ3) is 4.87. The number of carbonyl (C=O) groups excluding carboxylic acids is 1. The lowest BCUT2D eigenvalue weighted by molar-refractivity contribution is 0.0943. The Morgan fingerprint density at radius 3 is 2.63 bits per heavy atom. The van der Waals surface area contributed by atoms with Gasteiger partial charge in [0.05, 0.1) is 11.9 Å². The second-order valence-electron chi connectivity index (χ2n) is 4.18. The van der Waals surface area contributed by atoms with Crippen molar-refractivity contribution < 1.29 is 9.53 Å². The molecule has 0 aliphatic rings. The average molecular weight is 265 g/mol. The van der Waals surface area contributed by atoms with Crippen LogP contribution in [0.2, 0.25) is 0 Å². The largest absolute Gasteiger partial charge is 0.385 e. The van der Waals surface area contributed by atoms with Crippen LogP contribution < -0.4 is 10.2 Å². The maximum Gasteiger partial charge on any atom is 0.269 e. The average Bonchev–Trinajstić information content (AvgIpc) is 2.45. The van der Waals surface area contributed by atoms with Crippen LogP contribution in [-0.4, -0.2) is 44.2 Å². The van der Waals surface area contributed by atoms with Crippen molar-refractivity contribution in [3.05, 3.63) is 24.0 Å². The Morgan fingerprint density at radius 2 is 2.11 bits per heavy atom. The number of amides is 1. The van der Waals surface area contributed by atoms with Crippen molar-refractivity contribution in [3.8, 4) is 0 Å². The number of ether oxygens (including phenoxy) is 1. The first-order valence-electron chi connectivity index (χ1n) is 6.71. The van der Waals surface area contributed by atoms with Gasteiger partial charge in [-0.05, 0) is 32.4 Å². The number of rotatable bonds is 8. The summed E-state index contributed by atoms with van der Waals surface area (Å²) in [4.78, 5) is 18.2. The summed E-state index contributed by atoms with van der Waals surface area (Å²) in [5.41, 5.74) is 1.49. The molecule has 0 radical (unpaired) electrons. The van der Waals surface area contributed by atoms with Crippen molar-refractivity contribution in [2.75, 3.05) is 38.3 Å². The highest BCUT2D eigenvalue weighted by molar-refractivity contribution is 5.92. The molecule has 5 heteroatoms. The Morgan fingerprint density at radius 1 is 1.37 bits per heavy atom. The molecule has 1 heterocycles. The van der Waals surface area contributed by atoms with Crippen molar-refractivity contribution >= 4 is 11.6 Å². The maximum absolute atomic E-state index is 11.8. The summed E-state index contributed by atoms with van der Waals surface area (Å²) in [7, 11) is 1.65. The highest BCUT2D eigenvalue weighted by Gasteiger charge is 2.08. The summed E-state index contributed by atoms with van der Waals surface area (Å²) < 4.78 is 4.92. The van der Waals surface area contributed by atoms with Gasteiger partial charge in [-0.25, -0.2) is 4.98 Å². The van der Waals surface area contributed by atoms with Crippen molar-refractivity contribution in [2.24, 2.45) is 0 Å². The minimum Gasteiger partial charge on any atom is -0.385 e. The number of pyridine rings is 1. The Kier molecular flexibility index (Phi) is 6.89. The lowest BCUT2D eigenvalue weighted by Gasteiger charge is -2.20. The summed E-state index contributed by atoms with van der Waals surface area (Å²) in [6, 6.07) is 3.70. The van der Waals surface area contributed by atoms with Gasteiger partial charge in [0, 0.05) is 33.4 Å². The van der Waals surface area contributed by atoms with Gasteiger partial charge in [0.1, 0.15) is 5.69 Å². The summed E-state index contributed by atoms with van der Waals surface area (Å²) in [6.45, 7) is 7.31. The number of hydrogen-bond acceptors (Lipinski definition) is 4. The Balaban J connectivity index is 2.53. The molecular weight excluding hydrogens is 242 g/mol. The molecule has 5 nitrogen and oxygen atoms in total. The van der Waals surface area contributed by atoms with E-state index in [2.05, 4.69) is 29.0 Å². The number of carbonyl (C=O) groups is 1. The quantitative estimate of drug-likeness (QED) is 0.727. The summed E-state index contributed by atoms with van der Waals surface area (Å²) >= 11 is 0. The zero-order valence-corrected chi connectivity index (χ0v) is 12.0. The SMILES string of the molecule is CCN(CC)c1ccc(C(=O)NCCCOC)nc1. The predicted molar refractivity (Wildman–Crippen MR) is 76.6 cm³/mol. The van der Waals surface area contributed by atoms with Gasteiger partial charge in [-0.2, -0.15) is 0 Å². The van der Waals surface area contributed by atoms with Crippen molar-refractivity contribution in [1.29, 1.82) is 0 Å². The number of nitrogens with one attached hydrogen (secondary N) is 1. The molecule has 0 bridgehead atoms. The number of aromatic nitrogens is 1. The molecule has 19 heavy (non-hydrogen) atoms. The van der Waals surface area contributed by atoms with Gasteiger partial charge in [-0.3, -0.25) is 4.79 Å². The molecular formula is C14H23N3O2. The second kappa shape index (κ2) is 8.48. The fraction of sp³-hybridized carbons (Fsp3) is 0.571. The predicted octanol–water partition coefficient (Wildman–Crippen LogP) is 1.69. The van der Waals surface area contributed by atoms with E-state index in [1.165, 1.54) is 0 Å². The molecule has 106 valence electrons. The second-order valence-corrected chi connectivity index (χ2v) is 4.18. The lowest BCUT2D eigenvalue weighted by Crippen LogP contribution is -2.26. The smallest absolute Gasteiger partial charge is 0.269 e. The van der Waals surface area contributed by atoms with Gasteiger partial charge >= 0.3 is 0 Å². The van der Waals surface area contributed by atoms with Crippen LogP contribution in [0.15, 0.2) is 18.3 Å². The molecule has 0 saturated carbocycles. The first-order valence-corrected chi connectivity index (χ1v) is 6.71. The van der Waals surface area contributed by atoms with E-state index in [0.717, 1.165) is 25.2 Å². The van der Waals surface area contributed by atoms with Crippen LogP contribution in [0, 0.1) is 0 Å². The fourth-order valence-electron chi connectivity index (χ4n) is 1.81. The standard InChI is InChI=1S/C14H23N3O2/c1-4-17(5-2)12-7-8-13(16-11-12)14(18)15-9-6-10-19-3/h7-8,11H,4-6,9-10H2,1-3H3,(H,15,18). The van der Waals surface area contributed by atoms with E-state index in [4.69, 9.17) is 4.74 Å². The molecule has 0 aliphatic carbocycles. The van der Waals surface area contributed by atoms with Crippen LogP contribution in [-0.2, 0) is 4.74 Å². The molecule has 0 fully saturated rings. The third-order valence-electron chi connectivity index (χ3n) is 2.92. The lowest BCUT2D eigenvalue weighted by atomic mass is 10.3. The van der Waals surface area contributed by atoms with Crippen LogP contribution in [0.5, 0.6) is 0 Å². The topological polar surface area (TPSA) is 54.5 Å². The molecule has 1 rings (SSSR count). The molecule has 0 spiro atoms. The first-order chi connectivity index (χ1) is 9.22. The van der Waals surface area contributed by atoms with E-state index in [0.29, 0.717) is 18.8 Å². The Labute approximate surface area is 115 Å². The summed E-state index contributed by atoms with van der Waals surface area (Å²) in [6.07, 6.45) is 2.55. The fourth-order valence-corrected chi connectivity index (χ4v) is 1.81. The van der Waals surface area contributed by atoms with Crippen LogP contribution in [0.25, 0.3) is 0 Å². The van der Waals surface area contributed by atoms with Crippen LogP contribution in [0.1, 0.15) is 30.8 Å². The van der Waals surface area contributed by atoms with Crippen molar-refractivity contribution in [1.82, 2.24) is 10.3 Å². The molecule has 0 atom stereocenters. The van der Waals surface area contributed by atoms with E-state index in [-0.39, 0.29) is 5.91 Å². The molecule has 1 amide bonds. The third-order valence-corrected chi connectivity index (χ3v) is 2.92. The number of methoxy groups -OCH3 is 1. The molecule has 0 aliphatic heterocycles. The van der Waals surface area contributed by atoms with E-state index < -0.39 is 0 Å². The molecule has 1 aromatic heterocycles. The minimum atomic E-state index is -0.137. The van der Waals surface area contributed by atoms with E-state index >= 15 is 0 Å². The Hall–Kier alpha value is -1.62. The first kappa shape index (κ1) is 15.4. The van der Waals surface area contributed by atoms with E-state index in [1.54, 1.807) is 19.4 Å². The highest BCUT2D eigenvalue weighted by atomic mass is 16.5. The maximum atomic E-state index is 11.8. The molecule has 0 aromatic carbocycles. The van der Waals surface area contributed by atoms with Crippen molar-refractivity contribution in [3.63, 3.8) is 0 Å². The van der Waals surface area contributed by atoms with Crippen LogP contribution >= 0.6 is 0 Å². The van der Waals surface area contributed by atoms with Gasteiger partial charge in [0.25, 0.3) is 5.91 Å². The van der Waals surface area contributed by atoms with Gasteiger partial charge in [0.15, 0.2) is 0 Å². The normalized spacial score (nSPS) is 10.3. The summed E-state index contributed by atoms with van der Waals surface area (Å²) in [5.74, 6) is -0.137. The van der Waals surface area contributed by atoms with Gasteiger partial charge < -0.3 is 15.0 Å². The highest BCUT2D eigenvalue weighted by Crippen LogP contribution is 2.12. The van der Waals surface area contributed by atoms with Gasteiger partial charge in [-0.15, -0.1) is 0 Å². The van der Waals surface area contributed by atoms with Crippen LogP contribution in [0.4, 0.5) is 5.69 Å². The van der Waals surface area contributed by atoms with Crippen LogP contribution in [0.3, 0.4) is 0 Å². The van der Waals surface area contributed by atoms with Gasteiger partial charge in [-0.1, -0.05) is 0 Å². The molecule has 1 N–H and O–H groups in total. The van der Waals surface area contributed by atoms with E-state index in [9.17, 15) is 4.79 Å². The summed E-state index contributed by atoms with van der Waals surface area (Å²) in [5, 5.41) is 2.82. The van der Waals surface area contributed by atoms with E-state index in [1.807, 2.05) is 6.07 Å². The molecule has 1 aromatic rings. The molecule has 0 unspecified atom stereocenters. The zero-order valence-electron chi connectivity index (χ0n) is 12.0. The van der Waals surface area contributed by atoms with Gasteiger partial charge in [0.2, 0.25) is 0 Å².